The van der Waals surface area contributed by atoms with E-state index in [1.54, 1.807) is 0 Å². The fourth-order valence-electron chi connectivity index (χ4n) is 0.866. The van der Waals surface area contributed by atoms with Crippen LogP contribution < -0.4 is 0 Å². The van der Waals surface area contributed by atoms with E-state index in [1.165, 1.54) is 12.8 Å². The summed E-state index contributed by atoms with van der Waals surface area (Å²) in [4.78, 5) is 0. The van der Waals surface area contributed by atoms with Gasteiger partial charge in [0.15, 0.2) is 0 Å². The molecule has 0 aromatic carbocycles. The Balaban J connectivity index is -0.0000000237. The fourth-order valence-corrected chi connectivity index (χ4v) is 0.866. The van der Waals surface area contributed by atoms with Crippen molar-refractivity contribution in [3.8, 4) is 0 Å². The lowest BCUT2D eigenvalue weighted by molar-refractivity contribution is 0.245. The second-order valence-corrected chi connectivity index (χ2v) is 7.58. The molecule has 0 heterocycles. The molecule has 0 aliphatic carbocycles. The molecule has 0 rings (SSSR count). The molecule has 1 unspecified atom stereocenters. The molecule has 0 heteroatoms. The van der Waals surface area contributed by atoms with E-state index < -0.39 is 0 Å². The average molecular weight is 325 g/mol. The van der Waals surface area contributed by atoms with Gasteiger partial charge >= 0.3 is 0 Å². The van der Waals surface area contributed by atoms with Gasteiger partial charge in [0, 0.05) is 0 Å². The first-order valence-corrected chi connectivity index (χ1v) is 6.92. The highest BCUT2D eigenvalue weighted by molar-refractivity contribution is 4.68. The minimum Gasteiger partial charge on any atom is -0.0776 e. The zero-order valence-electron chi connectivity index (χ0n) is 13.6. The molecule has 0 saturated heterocycles. The lowest BCUT2D eigenvalue weighted by Crippen LogP contribution is -2.16. The first kappa shape index (κ1) is 49.5. The Morgan fingerprint density at radius 2 is 0.818 bits per heavy atom. The highest BCUT2D eigenvalue weighted by Gasteiger charge is 2.18. The quantitative estimate of drug-likeness (QED) is 0.474. The first-order valence-electron chi connectivity index (χ1n) is 6.92. The Bertz CT molecular complexity index is 152. The third kappa shape index (κ3) is 32.1. The maximum atomic E-state index is 2.34. The third-order valence-electron chi connectivity index (χ3n) is 3.93. The highest BCUT2D eigenvalue weighted by atomic mass is 14.2. The Morgan fingerprint density at radius 3 is 0.864 bits per heavy atom. The molecule has 0 aliphatic heterocycles. The van der Waals surface area contributed by atoms with Crippen molar-refractivity contribution in [1.82, 2.24) is 0 Å². The molecule has 22 heavy (non-hydrogen) atoms. The van der Waals surface area contributed by atoms with Gasteiger partial charge in [0.1, 0.15) is 0 Å². The SMILES string of the molecule is C.C.C.C.C.C.CC(C)C(C)(C)C.CCCC(C)C(C)(C)C. The van der Waals surface area contributed by atoms with Crippen LogP contribution in [0.5, 0.6) is 0 Å². The monoisotopic (exact) mass is 324 g/mol. The highest BCUT2D eigenvalue weighted by Crippen LogP contribution is 2.28. The first-order chi connectivity index (χ1) is 6.92. The van der Waals surface area contributed by atoms with Gasteiger partial charge in [-0.15, -0.1) is 0 Å². The van der Waals surface area contributed by atoms with Crippen molar-refractivity contribution in [3.63, 3.8) is 0 Å². The van der Waals surface area contributed by atoms with E-state index in [-0.39, 0.29) is 44.6 Å². The molecule has 0 bridgehead atoms. The van der Waals surface area contributed by atoms with Crippen LogP contribution in [0.15, 0.2) is 0 Å². The minimum absolute atomic E-state index is 0. The lowest BCUT2D eigenvalue weighted by atomic mass is 9.80. The van der Waals surface area contributed by atoms with Crippen molar-refractivity contribution in [2.24, 2.45) is 22.7 Å². The number of hydrogen-bond acceptors (Lipinski definition) is 0. The van der Waals surface area contributed by atoms with Crippen LogP contribution in [0.3, 0.4) is 0 Å². The maximum Gasteiger partial charge on any atom is -0.0357 e. The van der Waals surface area contributed by atoms with Crippen LogP contribution >= 0.6 is 0 Å². The Kier molecular flexibility index (Phi) is 47.2. The maximum absolute atomic E-state index is 2.34. The van der Waals surface area contributed by atoms with Gasteiger partial charge in [0.05, 0.1) is 0 Å². The second kappa shape index (κ2) is 21.0. The third-order valence-corrected chi connectivity index (χ3v) is 3.93. The lowest BCUT2D eigenvalue weighted by Gasteiger charge is -2.26. The minimum atomic E-state index is 0. The van der Waals surface area contributed by atoms with Gasteiger partial charge in [-0.25, -0.2) is 0 Å². The summed E-state index contributed by atoms with van der Waals surface area (Å²) in [6, 6.07) is 0. The molecule has 0 aliphatic rings. The topological polar surface area (TPSA) is 0 Å². The largest absolute Gasteiger partial charge is 0.0776 e. The predicted octanol–water partition coefficient (Wildman–Crippen LogP) is 9.97. The fraction of sp³-hybridized carbons (Fsp3) is 1.00. The molecule has 1 atom stereocenters. The Hall–Kier alpha value is 0. The molecule has 0 fully saturated rings. The van der Waals surface area contributed by atoms with Crippen LogP contribution in [0.4, 0.5) is 0 Å². The van der Waals surface area contributed by atoms with Crippen molar-refractivity contribution in [2.45, 2.75) is 127 Å². The molecule has 0 spiro atoms. The van der Waals surface area contributed by atoms with Gasteiger partial charge < -0.3 is 0 Å². The summed E-state index contributed by atoms with van der Waals surface area (Å²) in [6.45, 7) is 22.8. The summed E-state index contributed by atoms with van der Waals surface area (Å²) in [5.41, 5.74) is 1.01. The molecule has 0 saturated carbocycles. The van der Waals surface area contributed by atoms with Crippen LogP contribution in [0.25, 0.3) is 0 Å². The molecular formula is C22H60. The number of hydrogen-bond donors (Lipinski definition) is 0. The zero-order chi connectivity index (χ0) is 13.6. The molecule has 0 aromatic heterocycles. The summed E-state index contributed by atoms with van der Waals surface area (Å²) in [5.74, 6) is 1.66. The van der Waals surface area contributed by atoms with Crippen molar-refractivity contribution in [1.29, 1.82) is 0 Å². The molecule has 0 amide bonds. The summed E-state index contributed by atoms with van der Waals surface area (Å²) >= 11 is 0. The Morgan fingerprint density at radius 1 is 0.591 bits per heavy atom. The van der Waals surface area contributed by atoms with E-state index in [4.69, 9.17) is 0 Å². The van der Waals surface area contributed by atoms with Gasteiger partial charge in [-0.3, -0.25) is 0 Å². The van der Waals surface area contributed by atoms with Crippen molar-refractivity contribution in [3.05, 3.63) is 0 Å². The van der Waals surface area contributed by atoms with Gasteiger partial charge in [-0.05, 0) is 22.7 Å². The average Bonchev–Trinajstić information content (AvgIpc) is 2.02. The standard InChI is InChI=1S/C9H20.C7H16.6CH4/c1-6-7-8(2)9(3,4)5;1-6(2)7(3,4)5;;;;;;/h8H,6-7H2,1-5H3;6H,1-5H3;6*1H4. The van der Waals surface area contributed by atoms with Gasteiger partial charge in [0.25, 0.3) is 0 Å². The summed E-state index contributed by atoms with van der Waals surface area (Å²) in [7, 11) is 0. The summed E-state index contributed by atoms with van der Waals surface area (Å²) in [6.07, 6.45) is 2.68. The van der Waals surface area contributed by atoms with E-state index in [2.05, 4.69) is 69.2 Å². The van der Waals surface area contributed by atoms with E-state index >= 15 is 0 Å². The van der Waals surface area contributed by atoms with Crippen LogP contribution in [-0.4, -0.2) is 0 Å². The summed E-state index contributed by atoms with van der Waals surface area (Å²) < 4.78 is 0. The Labute approximate surface area is 149 Å². The van der Waals surface area contributed by atoms with Gasteiger partial charge in [-0.1, -0.05) is 127 Å². The van der Waals surface area contributed by atoms with E-state index in [0.717, 1.165) is 11.8 Å². The van der Waals surface area contributed by atoms with E-state index in [1.807, 2.05) is 0 Å². The van der Waals surface area contributed by atoms with Crippen LogP contribution in [0.1, 0.15) is 127 Å². The predicted molar refractivity (Wildman–Crippen MR) is 118 cm³/mol. The van der Waals surface area contributed by atoms with Crippen molar-refractivity contribution in [2.75, 3.05) is 0 Å². The van der Waals surface area contributed by atoms with Crippen LogP contribution in [0, 0.1) is 22.7 Å². The molecule has 148 valence electrons. The summed E-state index contributed by atoms with van der Waals surface area (Å²) in [5, 5.41) is 0. The molecular weight excluding hydrogens is 264 g/mol. The molecule has 0 radical (unpaired) electrons. The molecule has 0 aromatic rings. The van der Waals surface area contributed by atoms with E-state index in [9.17, 15) is 0 Å². The van der Waals surface area contributed by atoms with Gasteiger partial charge in [-0.2, -0.15) is 0 Å². The second-order valence-electron chi connectivity index (χ2n) is 7.58. The molecule has 0 N–H and O–H groups in total. The van der Waals surface area contributed by atoms with Crippen LogP contribution in [0.2, 0.25) is 0 Å². The smallest absolute Gasteiger partial charge is 0.0357 e. The zero-order valence-corrected chi connectivity index (χ0v) is 13.6. The van der Waals surface area contributed by atoms with Crippen molar-refractivity contribution >= 4 is 0 Å². The number of rotatable bonds is 2. The van der Waals surface area contributed by atoms with Crippen molar-refractivity contribution < 1.29 is 0 Å². The van der Waals surface area contributed by atoms with E-state index in [0.29, 0.717) is 10.8 Å². The van der Waals surface area contributed by atoms with Gasteiger partial charge in [0.2, 0.25) is 0 Å². The normalized spacial score (nSPS) is 10.5. The molecule has 0 nitrogen and oxygen atoms in total. The van der Waals surface area contributed by atoms with Crippen LogP contribution in [-0.2, 0) is 0 Å².